The number of aryl methyl sites for hydroxylation is 1. The monoisotopic (exact) mass is 352 g/mol. The minimum Gasteiger partial charge on any atom is -0.461 e. The molecule has 2 aromatic rings. The van der Waals surface area contributed by atoms with Gasteiger partial charge in [0.2, 0.25) is 17.6 Å². The van der Waals surface area contributed by atoms with Crippen LogP contribution in [0.3, 0.4) is 0 Å². The summed E-state index contributed by atoms with van der Waals surface area (Å²) in [6, 6.07) is 4.60. The average molecular weight is 353 g/mol. The van der Waals surface area contributed by atoms with Crippen LogP contribution in [0.4, 0.5) is 0 Å². The Labute approximate surface area is 146 Å². The van der Waals surface area contributed by atoms with E-state index in [1.807, 2.05) is 4.90 Å². The van der Waals surface area contributed by atoms with E-state index in [9.17, 15) is 4.79 Å². The number of carbonyl (C=O) groups is 1. The number of halogens is 1. The van der Waals surface area contributed by atoms with Gasteiger partial charge in [0.25, 0.3) is 0 Å². The number of nitrogens with one attached hydrogen (secondary N) is 1. The Morgan fingerprint density at radius 3 is 3.04 bits per heavy atom. The van der Waals surface area contributed by atoms with Crippen LogP contribution >= 0.6 is 12.4 Å². The molecular formula is C16H21ClN4O3. The zero-order chi connectivity index (χ0) is 15.6. The summed E-state index contributed by atoms with van der Waals surface area (Å²) in [5.74, 6) is 1.63. The number of furan rings is 1. The van der Waals surface area contributed by atoms with Crippen molar-refractivity contribution in [2.75, 3.05) is 13.1 Å². The fourth-order valence-corrected chi connectivity index (χ4v) is 3.40. The maximum atomic E-state index is 12.4. The van der Waals surface area contributed by atoms with E-state index in [1.165, 1.54) is 12.8 Å². The molecule has 0 saturated carbocycles. The molecule has 8 heteroatoms. The number of nitrogens with zero attached hydrogens (tertiary/aromatic N) is 3. The number of hydrogen-bond acceptors (Lipinski definition) is 6. The lowest BCUT2D eigenvalue weighted by Crippen LogP contribution is -2.39. The standard InChI is InChI=1S/C16H20N4O3.ClH/c21-15(20-8-7-11-3-4-12(10-20)17-11)6-5-14-18-16(19-23-14)13-2-1-9-22-13;/h1-2,9,11-12,17H,3-8,10H2;1H. The van der Waals surface area contributed by atoms with Crippen molar-refractivity contribution in [3.8, 4) is 11.6 Å². The van der Waals surface area contributed by atoms with Crippen LogP contribution in [0.15, 0.2) is 27.3 Å². The van der Waals surface area contributed by atoms with Crippen molar-refractivity contribution in [3.05, 3.63) is 24.3 Å². The topological polar surface area (TPSA) is 84.4 Å². The van der Waals surface area contributed by atoms with Crippen molar-refractivity contribution in [3.63, 3.8) is 0 Å². The van der Waals surface area contributed by atoms with E-state index < -0.39 is 0 Å². The third-order valence-corrected chi connectivity index (χ3v) is 4.64. The molecule has 0 aromatic carbocycles. The molecule has 4 rings (SSSR count). The molecule has 4 heterocycles. The Kier molecular flexibility index (Phi) is 5.20. The summed E-state index contributed by atoms with van der Waals surface area (Å²) in [6.45, 7) is 1.66. The van der Waals surface area contributed by atoms with Gasteiger partial charge in [-0.15, -0.1) is 12.4 Å². The lowest BCUT2D eigenvalue weighted by molar-refractivity contribution is -0.131. The molecule has 2 atom stereocenters. The highest BCUT2D eigenvalue weighted by atomic mass is 35.5. The fraction of sp³-hybridized carbons (Fsp3) is 0.562. The predicted octanol–water partition coefficient (Wildman–Crippen LogP) is 2.04. The molecule has 2 aliphatic rings. The minimum absolute atomic E-state index is 0. The first-order valence-electron chi connectivity index (χ1n) is 8.18. The Morgan fingerprint density at radius 1 is 1.33 bits per heavy atom. The van der Waals surface area contributed by atoms with Gasteiger partial charge in [-0.1, -0.05) is 5.16 Å². The van der Waals surface area contributed by atoms with Crippen LogP contribution in [0.1, 0.15) is 31.6 Å². The lowest BCUT2D eigenvalue weighted by atomic mass is 10.1. The number of fused-ring (bicyclic) bond motifs is 2. The quantitative estimate of drug-likeness (QED) is 0.906. The molecule has 2 unspecified atom stereocenters. The van der Waals surface area contributed by atoms with Crippen LogP contribution in [0, 0.1) is 0 Å². The van der Waals surface area contributed by atoms with Crippen molar-refractivity contribution in [2.24, 2.45) is 0 Å². The average Bonchev–Trinajstić information content (AvgIpc) is 3.25. The molecule has 130 valence electrons. The molecule has 2 aliphatic heterocycles. The highest BCUT2D eigenvalue weighted by Crippen LogP contribution is 2.21. The molecule has 24 heavy (non-hydrogen) atoms. The van der Waals surface area contributed by atoms with Gasteiger partial charge in [0, 0.05) is 38.0 Å². The highest BCUT2D eigenvalue weighted by Gasteiger charge is 2.31. The van der Waals surface area contributed by atoms with E-state index in [4.69, 9.17) is 8.94 Å². The Balaban J connectivity index is 0.00000169. The van der Waals surface area contributed by atoms with Crippen molar-refractivity contribution >= 4 is 18.3 Å². The number of amides is 1. The predicted molar refractivity (Wildman–Crippen MR) is 88.7 cm³/mol. The largest absolute Gasteiger partial charge is 0.461 e. The van der Waals surface area contributed by atoms with Crippen LogP contribution in [0.5, 0.6) is 0 Å². The summed E-state index contributed by atoms with van der Waals surface area (Å²) in [5.41, 5.74) is 0. The summed E-state index contributed by atoms with van der Waals surface area (Å²) in [5, 5.41) is 7.47. The molecule has 2 aromatic heterocycles. The molecule has 0 radical (unpaired) electrons. The van der Waals surface area contributed by atoms with Crippen molar-refractivity contribution < 1.29 is 13.7 Å². The van der Waals surface area contributed by atoms with E-state index >= 15 is 0 Å². The highest BCUT2D eigenvalue weighted by molar-refractivity contribution is 5.85. The second kappa shape index (κ2) is 7.36. The van der Waals surface area contributed by atoms with Crippen molar-refractivity contribution in [2.45, 2.75) is 44.2 Å². The van der Waals surface area contributed by atoms with Gasteiger partial charge in [0.15, 0.2) is 5.76 Å². The summed E-state index contributed by atoms with van der Waals surface area (Å²) in [4.78, 5) is 18.7. The maximum absolute atomic E-state index is 12.4. The zero-order valence-electron chi connectivity index (χ0n) is 13.3. The second-order valence-electron chi connectivity index (χ2n) is 6.26. The molecule has 2 saturated heterocycles. The minimum atomic E-state index is 0. The molecule has 2 bridgehead atoms. The lowest BCUT2D eigenvalue weighted by Gasteiger charge is -2.24. The first-order chi connectivity index (χ1) is 11.3. The number of rotatable bonds is 4. The van der Waals surface area contributed by atoms with Crippen molar-refractivity contribution in [1.82, 2.24) is 20.4 Å². The number of hydrogen-bond donors (Lipinski definition) is 1. The van der Waals surface area contributed by atoms with E-state index in [0.717, 1.165) is 19.5 Å². The molecule has 1 N–H and O–H groups in total. The van der Waals surface area contributed by atoms with Gasteiger partial charge < -0.3 is 19.2 Å². The van der Waals surface area contributed by atoms with Gasteiger partial charge in [-0.05, 0) is 31.4 Å². The van der Waals surface area contributed by atoms with Gasteiger partial charge in [-0.2, -0.15) is 4.98 Å². The first kappa shape index (κ1) is 17.0. The summed E-state index contributed by atoms with van der Waals surface area (Å²) in [7, 11) is 0. The molecule has 1 amide bonds. The Morgan fingerprint density at radius 2 is 2.21 bits per heavy atom. The first-order valence-corrected chi connectivity index (χ1v) is 8.18. The molecular weight excluding hydrogens is 332 g/mol. The summed E-state index contributed by atoms with van der Waals surface area (Å²) in [6.07, 6.45) is 5.89. The van der Waals surface area contributed by atoms with Crippen LogP contribution in [-0.4, -0.2) is 46.1 Å². The smallest absolute Gasteiger partial charge is 0.238 e. The maximum Gasteiger partial charge on any atom is 0.238 e. The normalized spacial score (nSPS) is 22.9. The molecule has 2 fully saturated rings. The van der Waals surface area contributed by atoms with Gasteiger partial charge in [-0.25, -0.2) is 0 Å². The van der Waals surface area contributed by atoms with E-state index in [0.29, 0.717) is 42.4 Å². The zero-order valence-corrected chi connectivity index (χ0v) is 14.1. The number of carbonyl (C=O) groups excluding carboxylic acids is 1. The van der Waals surface area contributed by atoms with Gasteiger partial charge >= 0.3 is 0 Å². The number of likely N-dealkylation sites (tertiary alicyclic amines) is 1. The summed E-state index contributed by atoms with van der Waals surface area (Å²) >= 11 is 0. The second-order valence-corrected chi connectivity index (χ2v) is 6.26. The van der Waals surface area contributed by atoms with Crippen LogP contribution in [-0.2, 0) is 11.2 Å². The van der Waals surface area contributed by atoms with Crippen LogP contribution in [0.25, 0.3) is 11.6 Å². The molecule has 7 nitrogen and oxygen atoms in total. The Bertz CT molecular complexity index is 673. The third-order valence-electron chi connectivity index (χ3n) is 4.64. The van der Waals surface area contributed by atoms with E-state index in [1.54, 1.807) is 18.4 Å². The van der Waals surface area contributed by atoms with Crippen LogP contribution in [0.2, 0.25) is 0 Å². The fourth-order valence-electron chi connectivity index (χ4n) is 3.40. The number of aromatic nitrogens is 2. The van der Waals surface area contributed by atoms with Crippen molar-refractivity contribution in [1.29, 1.82) is 0 Å². The van der Waals surface area contributed by atoms with E-state index in [-0.39, 0.29) is 18.3 Å². The third kappa shape index (κ3) is 3.62. The Hall–Kier alpha value is -1.86. The molecule has 0 spiro atoms. The van der Waals surface area contributed by atoms with E-state index in [2.05, 4.69) is 15.5 Å². The SMILES string of the molecule is Cl.O=C(CCc1nc(-c2ccco2)no1)N1CCC2CCC(C1)N2. The summed E-state index contributed by atoms with van der Waals surface area (Å²) < 4.78 is 10.4. The van der Waals surface area contributed by atoms with Crippen LogP contribution < -0.4 is 5.32 Å². The van der Waals surface area contributed by atoms with Gasteiger partial charge in [0.05, 0.1) is 6.26 Å². The van der Waals surface area contributed by atoms with Gasteiger partial charge in [0.1, 0.15) is 0 Å². The van der Waals surface area contributed by atoms with Gasteiger partial charge in [-0.3, -0.25) is 4.79 Å². The molecule has 0 aliphatic carbocycles.